The number of nitrogens with zero attached hydrogens (tertiary/aromatic N) is 4. The molecule has 0 unspecified atom stereocenters. The van der Waals surface area contributed by atoms with Crippen LogP contribution in [0.3, 0.4) is 0 Å². The predicted molar refractivity (Wildman–Crippen MR) is 83.4 cm³/mol. The molecule has 1 aromatic carbocycles. The van der Waals surface area contributed by atoms with Crippen LogP contribution in [0.5, 0.6) is 0 Å². The third-order valence-electron chi connectivity index (χ3n) is 3.72. The van der Waals surface area contributed by atoms with Crippen molar-refractivity contribution in [3.63, 3.8) is 0 Å². The van der Waals surface area contributed by atoms with Crippen LogP contribution in [0.1, 0.15) is 17.6 Å². The fourth-order valence-electron chi connectivity index (χ4n) is 2.59. The fourth-order valence-corrected chi connectivity index (χ4v) is 4.37. The largest absolute Gasteiger partial charge is 0.368 e. The number of benzene rings is 1. The van der Waals surface area contributed by atoms with E-state index in [2.05, 4.69) is 10.2 Å². The number of aromatic nitrogens is 3. The lowest BCUT2D eigenvalue weighted by Gasteiger charge is -2.23. The third kappa shape index (κ3) is 2.82. The molecular formula is C13H14ClN5O3S. The van der Waals surface area contributed by atoms with Gasteiger partial charge in [-0.2, -0.15) is 4.31 Å². The number of nitrogens with two attached hydrogens (primary N) is 1. The first-order valence-corrected chi connectivity index (χ1v) is 8.70. The second kappa shape index (κ2) is 5.91. The number of carbonyl (C=O) groups excluding carboxylic acids is 1. The highest BCUT2D eigenvalue weighted by Gasteiger charge is 2.40. The van der Waals surface area contributed by atoms with Crippen molar-refractivity contribution in [1.29, 1.82) is 0 Å². The smallest absolute Gasteiger partial charge is 0.253 e. The molecular weight excluding hydrogens is 342 g/mol. The SMILES string of the molecule is Nc1nncn1C(=O)[C@H]1CCCN1S(=O)(=O)c1ccc(Cl)cc1. The highest BCUT2D eigenvalue weighted by atomic mass is 35.5. The molecule has 122 valence electrons. The van der Waals surface area contributed by atoms with Crippen molar-refractivity contribution >= 4 is 33.5 Å². The number of sulfonamides is 1. The molecule has 0 spiro atoms. The van der Waals surface area contributed by atoms with Crippen LogP contribution in [-0.4, -0.2) is 46.0 Å². The van der Waals surface area contributed by atoms with Crippen LogP contribution in [0, 0.1) is 0 Å². The molecule has 1 aliphatic rings. The van der Waals surface area contributed by atoms with E-state index >= 15 is 0 Å². The summed E-state index contributed by atoms with van der Waals surface area (Å²) in [6.45, 7) is 0.267. The number of carbonyl (C=O) groups is 1. The van der Waals surface area contributed by atoms with Crippen molar-refractivity contribution in [2.24, 2.45) is 0 Å². The van der Waals surface area contributed by atoms with Gasteiger partial charge in [0.1, 0.15) is 12.4 Å². The third-order valence-corrected chi connectivity index (χ3v) is 5.89. The molecule has 23 heavy (non-hydrogen) atoms. The number of rotatable bonds is 3. The van der Waals surface area contributed by atoms with Gasteiger partial charge >= 0.3 is 0 Å². The Morgan fingerprint density at radius 1 is 1.30 bits per heavy atom. The lowest BCUT2D eigenvalue weighted by Crippen LogP contribution is -2.42. The Morgan fingerprint density at radius 2 is 2.00 bits per heavy atom. The molecule has 1 aromatic heterocycles. The molecule has 2 aromatic rings. The monoisotopic (exact) mass is 355 g/mol. The van der Waals surface area contributed by atoms with Gasteiger partial charge < -0.3 is 5.73 Å². The topological polar surface area (TPSA) is 111 Å². The molecule has 0 radical (unpaired) electrons. The molecule has 0 bridgehead atoms. The molecule has 1 fully saturated rings. The summed E-state index contributed by atoms with van der Waals surface area (Å²) in [5.41, 5.74) is 5.58. The second-order valence-corrected chi connectivity index (χ2v) is 7.45. The number of nitrogen functional groups attached to an aromatic ring is 1. The average molecular weight is 356 g/mol. The molecule has 1 atom stereocenters. The first-order valence-electron chi connectivity index (χ1n) is 6.88. The maximum atomic E-state index is 12.8. The summed E-state index contributed by atoms with van der Waals surface area (Å²) in [6.07, 6.45) is 2.19. The summed E-state index contributed by atoms with van der Waals surface area (Å²) in [6, 6.07) is 5.02. The van der Waals surface area contributed by atoms with E-state index in [0.29, 0.717) is 17.9 Å². The van der Waals surface area contributed by atoms with E-state index in [0.717, 1.165) is 4.57 Å². The van der Waals surface area contributed by atoms with Gasteiger partial charge in [-0.1, -0.05) is 11.6 Å². The molecule has 1 saturated heterocycles. The van der Waals surface area contributed by atoms with Gasteiger partial charge in [0.05, 0.1) is 4.90 Å². The molecule has 0 aliphatic carbocycles. The zero-order chi connectivity index (χ0) is 16.6. The van der Waals surface area contributed by atoms with Gasteiger partial charge in [0.15, 0.2) is 0 Å². The highest BCUT2D eigenvalue weighted by molar-refractivity contribution is 7.89. The van der Waals surface area contributed by atoms with Crippen molar-refractivity contribution in [1.82, 2.24) is 19.1 Å². The van der Waals surface area contributed by atoms with E-state index in [1.165, 1.54) is 34.9 Å². The van der Waals surface area contributed by atoms with Gasteiger partial charge in [-0.15, -0.1) is 10.2 Å². The summed E-state index contributed by atoms with van der Waals surface area (Å²) in [5.74, 6) is -0.520. The van der Waals surface area contributed by atoms with Crippen LogP contribution in [0.4, 0.5) is 5.95 Å². The van der Waals surface area contributed by atoms with E-state index in [9.17, 15) is 13.2 Å². The predicted octanol–water partition coefficient (Wildman–Crippen LogP) is 1.01. The Labute approximate surface area is 137 Å². The fraction of sp³-hybridized carbons (Fsp3) is 0.308. The van der Waals surface area contributed by atoms with Gasteiger partial charge in [-0.3, -0.25) is 4.79 Å². The van der Waals surface area contributed by atoms with E-state index in [1.54, 1.807) is 0 Å². The van der Waals surface area contributed by atoms with Crippen LogP contribution in [0.15, 0.2) is 35.5 Å². The molecule has 10 heteroatoms. The minimum absolute atomic E-state index is 0.0641. The van der Waals surface area contributed by atoms with Crippen molar-refractivity contribution in [2.45, 2.75) is 23.8 Å². The molecule has 0 saturated carbocycles. The van der Waals surface area contributed by atoms with Gasteiger partial charge in [-0.05, 0) is 37.1 Å². The van der Waals surface area contributed by atoms with E-state index in [4.69, 9.17) is 17.3 Å². The Kier molecular flexibility index (Phi) is 4.09. The van der Waals surface area contributed by atoms with Crippen molar-refractivity contribution in [2.75, 3.05) is 12.3 Å². The Hall–Kier alpha value is -1.97. The molecule has 3 rings (SSSR count). The second-order valence-electron chi connectivity index (χ2n) is 5.13. The minimum atomic E-state index is -3.79. The summed E-state index contributed by atoms with van der Waals surface area (Å²) in [7, 11) is -3.79. The summed E-state index contributed by atoms with van der Waals surface area (Å²) < 4.78 is 27.8. The summed E-state index contributed by atoms with van der Waals surface area (Å²) in [4.78, 5) is 12.6. The van der Waals surface area contributed by atoms with Crippen LogP contribution >= 0.6 is 11.6 Å². The lowest BCUT2D eigenvalue weighted by atomic mass is 10.2. The van der Waals surface area contributed by atoms with Crippen molar-refractivity contribution in [3.05, 3.63) is 35.6 Å². The van der Waals surface area contributed by atoms with Crippen LogP contribution < -0.4 is 5.73 Å². The molecule has 2 N–H and O–H groups in total. The van der Waals surface area contributed by atoms with E-state index in [1.807, 2.05) is 0 Å². The Balaban J connectivity index is 1.93. The van der Waals surface area contributed by atoms with Crippen LogP contribution in [0.25, 0.3) is 0 Å². The molecule has 2 heterocycles. The zero-order valence-corrected chi connectivity index (χ0v) is 13.5. The molecule has 0 amide bonds. The van der Waals surface area contributed by atoms with Gasteiger partial charge in [0, 0.05) is 11.6 Å². The number of halogens is 1. The number of hydrogen-bond acceptors (Lipinski definition) is 6. The average Bonchev–Trinajstić information content (AvgIpc) is 3.16. The summed E-state index contributed by atoms with van der Waals surface area (Å²) in [5, 5.41) is 7.55. The van der Waals surface area contributed by atoms with Crippen molar-refractivity contribution in [3.8, 4) is 0 Å². The van der Waals surface area contributed by atoms with E-state index in [-0.39, 0.29) is 17.4 Å². The minimum Gasteiger partial charge on any atom is -0.368 e. The van der Waals surface area contributed by atoms with Gasteiger partial charge in [0.25, 0.3) is 5.91 Å². The maximum Gasteiger partial charge on any atom is 0.253 e. The van der Waals surface area contributed by atoms with Crippen LogP contribution in [0.2, 0.25) is 5.02 Å². The Morgan fingerprint density at radius 3 is 2.61 bits per heavy atom. The first-order chi connectivity index (χ1) is 10.9. The standard InChI is InChI=1S/C13H14ClN5O3S/c14-9-3-5-10(6-4-9)23(21,22)19-7-1-2-11(19)12(20)18-8-16-17-13(18)15/h3-6,8,11H,1-2,7H2,(H2,15,17)/t11-/m1/s1. The zero-order valence-electron chi connectivity index (χ0n) is 12.0. The van der Waals surface area contributed by atoms with Gasteiger partial charge in [0.2, 0.25) is 16.0 Å². The van der Waals surface area contributed by atoms with E-state index < -0.39 is 22.0 Å². The maximum absolute atomic E-state index is 12.8. The lowest BCUT2D eigenvalue weighted by molar-refractivity contribution is 0.0835. The van der Waals surface area contributed by atoms with Crippen LogP contribution in [-0.2, 0) is 10.0 Å². The quantitative estimate of drug-likeness (QED) is 0.879. The number of hydrogen-bond donors (Lipinski definition) is 1. The molecule has 1 aliphatic heterocycles. The van der Waals surface area contributed by atoms with Crippen molar-refractivity contribution < 1.29 is 13.2 Å². The first kappa shape index (κ1) is 15.9. The normalized spacial score (nSPS) is 19.1. The van der Waals surface area contributed by atoms with Gasteiger partial charge in [-0.25, -0.2) is 13.0 Å². The summed E-state index contributed by atoms with van der Waals surface area (Å²) >= 11 is 5.79. The molecule has 8 nitrogen and oxygen atoms in total. The highest BCUT2D eigenvalue weighted by Crippen LogP contribution is 2.28. The number of anilines is 1. The Bertz CT molecular complexity index is 834.